The van der Waals surface area contributed by atoms with Gasteiger partial charge in [-0.05, 0) is 73.3 Å². The molecule has 136 valence electrons. The Bertz CT molecular complexity index is 607. The number of phenols is 2. The molecule has 3 rings (SSSR count). The number of phenolic OH excluding ortho intramolecular Hbond substituents is 2. The summed E-state index contributed by atoms with van der Waals surface area (Å²) in [6, 6.07) is 15.0. The monoisotopic (exact) mass is 340 g/mol. The van der Waals surface area contributed by atoms with E-state index in [2.05, 4.69) is 32.9 Å². The van der Waals surface area contributed by atoms with Crippen molar-refractivity contribution in [1.82, 2.24) is 0 Å². The van der Waals surface area contributed by atoms with Crippen LogP contribution in [0.15, 0.2) is 48.5 Å². The molecule has 1 saturated carbocycles. The number of hydrogen-bond donors (Lipinski definition) is 2. The Morgan fingerprint density at radius 1 is 0.840 bits per heavy atom. The van der Waals surface area contributed by atoms with Crippen LogP contribution in [0.3, 0.4) is 0 Å². The average Bonchev–Trinajstić information content (AvgIpc) is 2.58. The van der Waals surface area contributed by atoms with Gasteiger partial charge in [0.05, 0.1) is 0 Å². The molecular weight excluding hydrogens is 308 g/mol. The van der Waals surface area contributed by atoms with Crippen molar-refractivity contribution >= 4 is 0 Å². The zero-order chi connectivity index (χ0) is 18.4. The Labute approximate surface area is 152 Å². The summed E-state index contributed by atoms with van der Waals surface area (Å²) in [4.78, 5) is 0. The van der Waals surface area contributed by atoms with Gasteiger partial charge >= 0.3 is 0 Å². The third-order valence-electron chi connectivity index (χ3n) is 5.38. The highest BCUT2D eigenvalue weighted by Gasteiger charge is 2.31. The minimum absolute atomic E-state index is 0.329. The minimum atomic E-state index is 0.329. The topological polar surface area (TPSA) is 40.5 Å². The lowest BCUT2D eigenvalue weighted by Gasteiger charge is -2.37. The summed E-state index contributed by atoms with van der Waals surface area (Å²) >= 11 is 0. The van der Waals surface area contributed by atoms with E-state index in [0.717, 1.165) is 17.8 Å². The summed E-state index contributed by atoms with van der Waals surface area (Å²) in [7, 11) is 0. The summed E-state index contributed by atoms with van der Waals surface area (Å²) in [5, 5.41) is 18.1. The van der Waals surface area contributed by atoms with E-state index in [-0.39, 0.29) is 0 Å². The van der Waals surface area contributed by atoms with Crippen LogP contribution < -0.4 is 0 Å². The van der Waals surface area contributed by atoms with Gasteiger partial charge in [0.2, 0.25) is 0 Å². The standard InChI is InChI=1S/C16H24O.C7H8O/c1-11(2)15-9-4-12(3)10-16(15)13-5-7-14(17)8-6-13;1-6-2-4-7(8)5-3-6/h5-8,11-12,15-17H,4,9-10H2,1-3H3;2-5,8H,1H3. The van der Waals surface area contributed by atoms with Crippen molar-refractivity contribution in [3.8, 4) is 11.5 Å². The number of aromatic hydroxyl groups is 2. The molecule has 25 heavy (non-hydrogen) atoms. The van der Waals surface area contributed by atoms with E-state index in [1.165, 1.54) is 30.4 Å². The summed E-state index contributed by atoms with van der Waals surface area (Å²) < 4.78 is 0. The van der Waals surface area contributed by atoms with Crippen LogP contribution in [-0.4, -0.2) is 10.2 Å². The lowest BCUT2D eigenvalue weighted by atomic mass is 9.68. The van der Waals surface area contributed by atoms with Gasteiger partial charge in [-0.15, -0.1) is 0 Å². The van der Waals surface area contributed by atoms with Gasteiger partial charge < -0.3 is 10.2 Å². The summed E-state index contributed by atoms with van der Waals surface area (Å²) in [5.41, 5.74) is 2.58. The Balaban J connectivity index is 0.000000236. The Morgan fingerprint density at radius 3 is 1.84 bits per heavy atom. The summed E-state index contributed by atoms with van der Waals surface area (Å²) in [6.45, 7) is 9.03. The average molecular weight is 341 g/mol. The second kappa shape index (κ2) is 8.94. The third kappa shape index (κ3) is 5.81. The smallest absolute Gasteiger partial charge is 0.115 e. The quantitative estimate of drug-likeness (QED) is 0.676. The number of aryl methyl sites for hydroxylation is 1. The van der Waals surface area contributed by atoms with E-state index in [4.69, 9.17) is 5.11 Å². The second-order valence-corrected chi connectivity index (χ2v) is 7.86. The fourth-order valence-electron chi connectivity index (χ4n) is 3.85. The highest BCUT2D eigenvalue weighted by atomic mass is 16.3. The van der Waals surface area contributed by atoms with Gasteiger partial charge in [0.25, 0.3) is 0 Å². The van der Waals surface area contributed by atoms with Crippen LogP contribution >= 0.6 is 0 Å². The first kappa shape index (κ1) is 19.4. The van der Waals surface area contributed by atoms with Crippen molar-refractivity contribution in [3.63, 3.8) is 0 Å². The molecule has 3 unspecified atom stereocenters. The summed E-state index contributed by atoms with van der Waals surface area (Å²) in [5.74, 6) is 3.77. The molecule has 0 bridgehead atoms. The van der Waals surface area contributed by atoms with Crippen molar-refractivity contribution in [2.45, 2.75) is 52.9 Å². The van der Waals surface area contributed by atoms with Crippen LogP contribution in [0.25, 0.3) is 0 Å². The van der Waals surface area contributed by atoms with Crippen LogP contribution in [0.5, 0.6) is 11.5 Å². The lowest BCUT2D eigenvalue weighted by molar-refractivity contribution is 0.197. The van der Waals surface area contributed by atoms with Crippen LogP contribution in [0.2, 0.25) is 0 Å². The maximum atomic E-state index is 9.38. The van der Waals surface area contributed by atoms with Gasteiger partial charge in [0, 0.05) is 0 Å². The molecule has 1 fully saturated rings. The molecule has 2 aromatic carbocycles. The fourth-order valence-corrected chi connectivity index (χ4v) is 3.85. The molecule has 1 aliphatic rings. The molecule has 2 heteroatoms. The molecule has 3 atom stereocenters. The Morgan fingerprint density at radius 2 is 1.36 bits per heavy atom. The minimum Gasteiger partial charge on any atom is -0.508 e. The van der Waals surface area contributed by atoms with Crippen molar-refractivity contribution in [1.29, 1.82) is 0 Å². The van der Waals surface area contributed by atoms with Crippen molar-refractivity contribution in [2.75, 3.05) is 0 Å². The number of hydrogen-bond acceptors (Lipinski definition) is 2. The van der Waals surface area contributed by atoms with E-state index in [1.54, 1.807) is 12.1 Å². The molecule has 0 saturated heterocycles. The third-order valence-corrected chi connectivity index (χ3v) is 5.38. The van der Waals surface area contributed by atoms with Gasteiger partial charge in [0.1, 0.15) is 11.5 Å². The highest BCUT2D eigenvalue weighted by Crippen LogP contribution is 2.44. The van der Waals surface area contributed by atoms with E-state index in [9.17, 15) is 5.11 Å². The largest absolute Gasteiger partial charge is 0.508 e. The fraction of sp³-hybridized carbons (Fsp3) is 0.478. The van der Waals surface area contributed by atoms with Gasteiger partial charge in [-0.3, -0.25) is 0 Å². The zero-order valence-electron chi connectivity index (χ0n) is 15.9. The second-order valence-electron chi connectivity index (χ2n) is 7.86. The van der Waals surface area contributed by atoms with Crippen LogP contribution in [0.4, 0.5) is 0 Å². The Hall–Kier alpha value is -1.96. The SMILES string of the molecule is CC1CCC(C(C)C)C(c2ccc(O)cc2)C1.Cc1ccc(O)cc1. The van der Waals surface area contributed by atoms with Crippen molar-refractivity contribution in [3.05, 3.63) is 59.7 Å². The predicted molar refractivity (Wildman–Crippen MR) is 105 cm³/mol. The zero-order valence-corrected chi connectivity index (χ0v) is 15.9. The van der Waals surface area contributed by atoms with E-state index in [0.29, 0.717) is 17.4 Å². The number of rotatable bonds is 2. The highest BCUT2D eigenvalue weighted by molar-refractivity contribution is 5.29. The van der Waals surface area contributed by atoms with Crippen LogP contribution in [0.1, 0.15) is 57.1 Å². The molecule has 0 amide bonds. The first-order chi connectivity index (χ1) is 11.9. The molecule has 0 aliphatic heterocycles. The first-order valence-electron chi connectivity index (χ1n) is 9.41. The van der Waals surface area contributed by atoms with Gasteiger partial charge in [-0.2, -0.15) is 0 Å². The van der Waals surface area contributed by atoms with Gasteiger partial charge in [-0.25, -0.2) is 0 Å². The Kier molecular flexibility index (Phi) is 6.92. The molecule has 2 N–H and O–H groups in total. The first-order valence-corrected chi connectivity index (χ1v) is 9.41. The molecule has 2 aromatic rings. The maximum absolute atomic E-state index is 9.38. The molecule has 1 aliphatic carbocycles. The van der Waals surface area contributed by atoms with Crippen LogP contribution in [0, 0.1) is 24.7 Å². The molecule has 0 spiro atoms. The number of benzene rings is 2. The molecule has 0 aromatic heterocycles. The molecule has 2 nitrogen and oxygen atoms in total. The van der Waals surface area contributed by atoms with Gasteiger partial charge in [-0.1, -0.05) is 57.0 Å². The van der Waals surface area contributed by atoms with Crippen LogP contribution in [-0.2, 0) is 0 Å². The predicted octanol–water partition coefficient (Wildman–Crippen LogP) is 6.27. The van der Waals surface area contributed by atoms with Crippen molar-refractivity contribution in [2.24, 2.45) is 17.8 Å². The van der Waals surface area contributed by atoms with Crippen molar-refractivity contribution < 1.29 is 10.2 Å². The maximum Gasteiger partial charge on any atom is 0.115 e. The van der Waals surface area contributed by atoms with Gasteiger partial charge in [0.15, 0.2) is 0 Å². The molecule has 0 heterocycles. The van der Waals surface area contributed by atoms with E-state index in [1.807, 2.05) is 31.2 Å². The normalized spacial score (nSPS) is 23.0. The van der Waals surface area contributed by atoms with E-state index >= 15 is 0 Å². The van der Waals surface area contributed by atoms with E-state index < -0.39 is 0 Å². The molecule has 0 radical (unpaired) electrons. The lowest BCUT2D eigenvalue weighted by Crippen LogP contribution is -2.26. The molecular formula is C23H32O2. The summed E-state index contributed by atoms with van der Waals surface area (Å²) in [6.07, 6.45) is 4.02.